The van der Waals surface area contributed by atoms with Crippen molar-refractivity contribution in [3.05, 3.63) is 60.8 Å². The largest absolute Gasteiger partial charge is 0.462 e. The minimum atomic E-state index is -0.791. The Kier molecular flexibility index (Phi) is 46.4. The molecule has 0 fully saturated rings. The second kappa shape index (κ2) is 48.8. The normalized spacial score (nSPS) is 12.5. The Morgan fingerprint density at radius 1 is 0.350 bits per heavy atom. The first-order valence-electron chi connectivity index (χ1n) is 25.3. The Balaban J connectivity index is 4.45. The Morgan fingerprint density at radius 2 is 0.650 bits per heavy atom. The molecule has 0 aliphatic carbocycles. The number of hydrogen-bond acceptors (Lipinski definition) is 6. The number of hydrogen-bond donors (Lipinski definition) is 0. The van der Waals surface area contributed by atoms with Crippen LogP contribution in [0, 0.1) is 0 Å². The van der Waals surface area contributed by atoms with E-state index in [2.05, 4.69) is 81.5 Å². The van der Waals surface area contributed by atoms with E-state index < -0.39 is 6.10 Å². The topological polar surface area (TPSA) is 78.9 Å². The summed E-state index contributed by atoms with van der Waals surface area (Å²) >= 11 is 0. The lowest BCUT2D eigenvalue weighted by Gasteiger charge is -2.18. The minimum Gasteiger partial charge on any atom is -0.462 e. The maximum Gasteiger partial charge on any atom is 0.306 e. The Morgan fingerprint density at radius 3 is 1.02 bits per heavy atom. The number of allylic oxidation sites excluding steroid dienone is 10. The van der Waals surface area contributed by atoms with Gasteiger partial charge in [-0.2, -0.15) is 0 Å². The molecule has 0 aromatic heterocycles. The van der Waals surface area contributed by atoms with Crippen LogP contribution in [0.15, 0.2) is 60.8 Å². The van der Waals surface area contributed by atoms with Gasteiger partial charge < -0.3 is 14.2 Å². The van der Waals surface area contributed by atoms with Gasteiger partial charge in [0.05, 0.1) is 0 Å². The summed E-state index contributed by atoms with van der Waals surface area (Å²) in [6.45, 7) is 6.48. The van der Waals surface area contributed by atoms with Gasteiger partial charge in [-0.05, 0) is 57.8 Å². The van der Waals surface area contributed by atoms with Crippen molar-refractivity contribution in [2.24, 2.45) is 0 Å². The summed E-state index contributed by atoms with van der Waals surface area (Å²) in [5.74, 6) is -0.944. The first kappa shape index (κ1) is 57.1. The number of carbonyl (C=O) groups excluding carboxylic acids is 3. The molecule has 1 unspecified atom stereocenters. The van der Waals surface area contributed by atoms with Crippen LogP contribution in [0.3, 0.4) is 0 Å². The maximum atomic E-state index is 12.8. The van der Waals surface area contributed by atoms with Crippen LogP contribution >= 0.6 is 0 Å². The zero-order valence-corrected chi connectivity index (χ0v) is 39.5. The van der Waals surface area contributed by atoms with Crippen molar-refractivity contribution in [2.45, 2.75) is 252 Å². The van der Waals surface area contributed by atoms with Crippen LogP contribution in [0.1, 0.15) is 245 Å². The number of ether oxygens (including phenoxy) is 3. The highest BCUT2D eigenvalue weighted by molar-refractivity contribution is 5.71. The maximum absolute atomic E-state index is 12.8. The van der Waals surface area contributed by atoms with Gasteiger partial charge in [-0.3, -0.25) is 14.4 Å². The van der Waals surface area contributed by atoms with Crippen molar-refractivity contribution in [3.63, 3.8) is 0 Å². The lowest BCUT2D eigenvalue weighted by Crippen LogP contribution is -2.30. The summed E-state index contributed by atoms with van der Waals surface area (Å²) in [4.78, 5) is 37.9. The average molecular weight is 839 g/mol. The third-order valence-corrected chi connectivity index (χ3v) is 10.8. The molecule has 0 radical (unpaired) electrons. The summed E-state index contributed by atoms with van der Waals surface area (Å²) in [5, 5.41) is 0. The molecule has 0 heterocycles. The lowest BCUT2D eigenvalue weighted by atomic mass is 10.0. The van der Waals surface area contributed by atoms with E-state index in [-0.39, 0.29) is 37.5 Å². The van der Waals surface area contributed by atoms with Crippen LogP contribution < -0.4 is 0 Å². The number of rotatable bonds is 45. The summed E-state index contributed by atoms with van der Waals surface area (Å²) in [6, 6.07) is 0. The predicted octanol–water partition coefficient (Wildman–Crippen LogP) is 16.5. The molecule has 0 rings (SSSR count). The van der Waals surface area contributed by atoms with Gasteiger partial charge in [-0.1, -0.05) is 229 Å². The SMILES string of the molecule is CC/C=C\C/C=C\C/C=C\C/C=C\C/C=C\CCCC(=O)OCC(COC(=O)CCCCCCCCCCCCCC)OC(=O)CCCCCCCCCCCCCCC. The van der Waals surface area contributed by atoms with Gasteiger partial charge in [0.15, 0.2) is 6.10 Å². The second-order valence-corrected chi connectivity index (χ2v) is 16.7. The molecule has 0 aliphatic rings. The molecule has 0 aromatic rings. The fourth-order valence-corrected chi connectivity index (χ4v) is 7.01. The summed E-state index contributed by atoms with van der Waals surface area (Å²) in [7, 11) is 0. The van der Waals surface area contributed by atoms with Crippen LogP contribution in [0.25, 0.3) is 0 Å². The number of esters is 3. The first-order valence-corrected chi connectivity index (χ1v) is 25.3. The molecule has 6 nitrogen and oxygen atoms in total. The van der Waals surface area contributed by atoms with Crippen LogP contribution in [0.2, 0.25) is 0 Å². The monoisotopic (exact) mass is 839 g/mol. The Hall–Kier alpha value is -2.89. The van der Waals surface area contributed by atoms with E-state index in [0.717, 1.165) is 77.0 Å². The fraction of sp³-hybridized carbons (Fsp3) is 0.759. The molecule has 0 aromatic carbocycles. The average Bonchev–Trinajstić information content (AvgIpc) is 3.24. The zero-order valence-electron chi connectivity index (χ0n) is 39.5. The lowest BCUT2D eigenvalue weighted by molar-refractivity contribution is -0.167. The van der Waals surface area contributed by atoms with E-state index in [9.17, 15) is 14.4 Å². The minimum absolute atomic E-state index is 0.0885. The summed E-state index contributed by atoms with van der Waals surface area (Å²) in [5.41, 5.74) is 0. The highest BCUT2D eigenvalue weighted by Crippen LogP contribution is 2.15. The molecule has 0 N–H and O–H groups in total. The molecule has 0 saturated carbocycles. The molecule has 60 heavy (non-hydrogen) atoms. The van der Waals surface area contributed by atoms with Crippen molar-refractivity contribution in [1.82, 2.24) is 0 Å². The van der Waals surface area contributed by atoms with Gasteiger partial charge in [0.1, 0.15) is 13.2 Å². The van der Waals surface area contributed by atoms with Gasteiger partial charge in [0, 0.05) is 19.3 Å². The van der Waals surface area contributed by atoms with E-state index in [4.69, 9.17) is 14.2 Å². The van der Waals surface area contributed by atoms with Crippen molar-refractivity contribution in [3.8, 4) is 0 Å². The van der Waals surface area contributed by atoms with Crippen molar-refractivity contribution >= 4 is 17.9 Å². The van der Waals surface area contributed by atoms with Gasteiger partial charge in [-0.15, -0.1) is 0 Å². The third-order valence-electron chi connectivity index (χ3n) is 10.8. The summed E-state index contributed by atoms with van der Waals surface area (Å²) < 4.78 is 16.7. The van der Waals surface area contributed by atoms with E-state index in [1.54, 1.807) is 0 Å². The van der Waals surface area contributed by atoms with E-state index in [0.29, 0.717) is 19.3 Å². The number of unbranched alkanes of at least 4 members (excludes halogenated alkanes) is 24. The third kappa shape index (κ3) is 46.2. The van der Waals surface area contributed by atoms with E-state index >= 15 is 0 Å². The molecule has 0 bridgehead atoms. The Labute approximate surface area is 370 Å². The highest BCUT2D eigenvalue weighted by atomic mass is 16.6. The fourth-order valence-electron chi connectivity index (χ4n) is 7.01. The molecular weight excluding hydrogens is 745 g/mol. The molecule has 6 heteroatoms. The molecule has 1 atom stereocenters. The van der Waals surface area contributed by atoms with E-state index in [1.165, 1.54) is 122 Å². The molecule has 0 saturated heterocycles. The predicted molar refractivity (Wildman–Crippen MR) is 256 cm³/mol. The zero-order chi connectivity index (χ0) is 43.7. The highest BCUT2D eigenvalue weighted by Gasteiger charge is 2.19. The molecule has 0 aliphatic heterocycles. The van der Waals surface area contributed by atoms with Gasteiger partial charge in [-0.25, -0.2) is 0 Å². The van der Waals surface area contributed by atoms with Crippen molar-refractivity contribution < 1.29 is 28.6 Å². The van der Waals surface area contributed by atoms with Crippen molar-refractivity contribution in [1.29, 1.82) is 0 Å². The standard InChI is InChI=1S/C54H94O6/c1-4-7-10-13-16-19-22-25-26-27-28-30-32-35-38-41-44-47-53(56)59-50-51(49-58-52(55)46-43-40-37-34-31-24-21-18-15-12-9-6-3)60-54(57)48-45-42-39-36-33-29-23-20-17-14-11-8-5-2/h7,10,16,19,25-26,28,30,35,38,51H,4-6,8-9,11-15,17-18,20-24,27,29,31-34,36-37,39-50H2,1-3H3/b10-7-,19-16-,26-25-,30-28-,38-35-. The van der Waals surface area contributed by atoms with Crippen LogP contribution in [0.4, 0.5) is 0 Å². The Bertz CT molecular complexity index is 1100. The molecule has 346 valence electrons. The quantitative estimate of drug-likeness (QED) is 0.0263. The van der Waals surface area contributed by atoms with Gasteiger partial charge in [0.25, 0.3) is 0 Å². The summed E-state index contributed by atoms with van der Waals surface area (Å²) in [6.07, 6.45) is 59.2. The molecule has 0 spiro atoms. The van der Waals surface area contributed by atoms with Crippen molar-refractivity contribution in [2.75, 3.05) is 13.2 Å². The smallest absolute Gasteiger partial charge is 0.306 e. The first-order chi connectivity index (χ1) is 29.5. The number of carbonyl (C=O) groups is 3. The van der Waals surface area contributed by atoms with Gasteiger partial charge in [0.2, 0.25) is 0 Å². The van der Waals surface area contributed by atoms with Crippen LogP contribution in [0.5, 0.6) is 0 Å². The molecular formula is C54H94O6. The molecule has 0 amide bonds. The van der Waals surface area contributed by atoms with Gasteiger partial charge >= 0.3 is 17.9 Å². The second-order valence-electron chi connectivity index (χ2n) is 16.7. The van der Waals surface area contributed by atoms with Crippen LogP contribution in [-0.4, -0.2) is 37.2 Å². The van der Waals surface area contributed by atoms with Crippen LogP contribution in [-0.2, 0) is 28.6 Å². The van der Waals surface area contributed by atoms with E-state index in [1.807, 2.05) is 0 Å².